The Bertz CT molecular complexity index is 554. The van der Waals surface area contributed by atoms with Gasteiger partial charge in [0.05, 0.1) is 21.4 Å². The summed E-state index contributed by atoms with van der Waals surface area (Å²) in [6.07, 6.45) is 0. The third-order valence-electron chi connectivity index (χ3n) is 2.00. The van der Waals surface area contributed by atoms with Crippen LogP contribution in [-0.2, 0) is 10.0 Å². The molecule has 4 nitrogen and oxygen atoms in total. The van der Waals surface area contributed by atoms with E-state index in [9.17, 15) is 12.8 Å². The van der Waals surface area contributed by atoms with Gasteiger partial charge in [-0.25, -0.2) is 17.5 Å². The first-order chi connectivity index (χ1) is 7.86. The summed E-state index contributed by atoms with van der Waals surface area (Å²) >= 11 is 2.91. The Kier molecular flexibility index (Phi) is 4.62. The lowest BCUT2D eigenvalue weighted by Crippen LogP contribution is -2.28. The lowest BCUT2D eigenvalue weighted by atomic mass is 10.2. The van der Waals surface area contributed by atoms with E-state index in [4.69, 9.17) is 5.26 Å². The molecule has 0 bridgehead atoms. The highest BCUT2D eigenvalue weighted by Gasteiger charge is 2.16. The largest absolute Gasteiger partial charge is 0.240 e. The summed E-state index contributed by atoms with van der Waals surface area (Å²) < 4.78 is 38.8. The Balaban J connectivity index is 2.91. The third kappa shape index (κ3) is 3.77. The molecule has 0 fully saturated rings. The van der Waals surface area contributed by atoms with Gasteiger partial charge in [0, 0.05) is 6.54 Å². The van der Waals surface area contributed by atoms with Gasteiger partial charge in [0.25, 0.3) is 0 Å². The average molecular weight is 321 g/mol. The zero-order valence-corrected chi connectivity index (χ0v) is 11.3. The molecule has 0 aliphatic heterocycles. The zero-order chi connectivity index (χ0) is 13.1. The van der Waals surface area contributed by atoms with Gasteiger partial charge in [-0.2, -0.15) is 5.26 Å². The number of benzene rings is 1. The summed E-state index contributed by atoms with van der Waals surface area (Å²) in [5.74, 6) is -0.956. The molecule has 0 amide bonds. The van der Waals surface area contributed by atoms with Crippen LogP contribution in [0.4, 0.5) is 4.39 Å². The van der Waals surface area contributed by atoms with Crippen molar-refractivity contribution in [2.75, 3.05) is 6.54 Å². The molecule has 0 aromatic heterocycles. The Morgan fingerprint density at radius 2 is 2.24 bits per heavy atom. The molecule has 0 saturated carbocycles. The maximum absolute atomic E-state index is 13.0. The summed E-state index contributed by atoms with van der Waals surface area (Å²) in [5.41, 5.74) is 0. The van der Waals surface area contributed by atoms with E-state index in [2.05, 4.69) is 20.7 Å². The lowest BCUT2D eigenvalue weighted by molar-refractivity contribution is 0.571. The van der Waals surface area contributed by atoms with Crippen molar-refractivity contribution in [1.29, 1.82) is 5.26 Å². The highest BCUT2D eigenvalue weighted by Crippen LogP contribution is 2.19. The topological polar surface area (TPSA) is 70.0 Å². The molecule has 0 aliphatic rings. The van der Waals surface area contributed by atoms with Crippen molar-refractivity contribution in [2.24, 2.45) is 5.92 Å². The molecule has 0 spiro atoms. The third-order valence-corrected chi connectivity index (χ3v) is 4.03. The van der Waals surface area contributed by atoms with Gasteiger partial charge >= 0.3 is 0 Å². The van der Waals surface area contributed by atoms with E-state index in [-0.39, 0.29) is 15.9 Å². The van der Waals surface area contributed by atoms with Crippen LogP contribution in [0.25, 0.3) is 0 Å². The Labute approximate surface area is 108 Å². The fraction of sp³-hybridized carbons (Fsp3) is 0.300. The van der Waals surface area contributed by atoms with Crippen LogP contribution >= 0.6 is 15.9 Å². The van der Waals surface area contributed by atoms with Gasteiger partial charge in [0.2, 0.25) is 10.0 Å². The normalized spacial score (nSPS) is 13.1. The fourth-order valence-electron chi connectivity index (χ4n) is 1.01. The standard InChI is InChI=1S/C10H10BrFN2O2S/c1-7(5-13)6-14-17(15,16)8-2-3-10(12)9(11)4-8/h2-4,7,14H,6H2,1H3/t7-/m1/s1. The van der Waals surface area contributed by atoms with Gasteiger partial charge in [-0.3, -0.25) is 0 Å². The molecule has 92 valence electrons. The minimum absolute atomic E-state index is 0.0217. The Morgan fingerprint density at radius 3 is 2.76 bits per heavy atom. The van der Waals surface area contributed by atoms with Gasteiger partial charge in [-0.15, -0.1) is 0 Å². The molecule has 7 heteroatoms. The van der Waals surface area contributed by atoms with Crippen LogP contribution in [0.1, 0.15) is 6.92 Å². The van der Waals surface area contributed by atoms with Crippen LogP contribution in [-0.4, -0.2) is 15.0 Å². The first kappa shape index (κ1) is 14.1. The Morgan fingerprint density at radius 1 is 1.59 bits per heavy atom. The summed E-state index contributed by atoms with van der Waals surface area (Å²) in [7, 11) is -3.70. The van der Waals surface area contributed by atoms with Crippen LogP contribution in [0.5, 0.6) is 0 Å². The van der Waals surface area contributed by atoms with Crippen molar-refractivity contribution in [2.45, 2.75) is 11.8 Å². The van der Waals surface area contributed by atoms with E-state index < -0.39 is 21.8 Å². The highest BCUT2D eigenvalue weighted by molar-refractivity contribution is 9.10. The summed E-state index contributed by atoms with van der Waals surface area (Å²) in [4.78, 5) is -0.0454. The van der Waals surface area contributed by atoms with E-state index >= 15 is 0 Å². The number of nitrogens with zero attached hydrogens (tertiary/aromatic N) is 1. The van der Waals surface area contributed by atoms with Crippen molar-refractivity contribution in [1.82, 2.24) is 4.72 Å². The van der Waals surface area contributed by atoms with Crippen molar-refractivity contribution >= 4 is 26.0 Å². The van der Waals surface area contributed by atoms with Crippen LogP contribution < -0.4 is 4.72 Å². The van der Waals surface area contributed by atoms with E-state index in [1.165, 1.54) is 12.1 Å². The second-order valence-electron chi connectivity index (χ2n) is 3.46. The van der Waals surface area contributed by atoms with Gasteiger partial charge in [0.1, 0.15) is 5.82 Å². The Hall–Kier alpha value is -0.970. The molecular formula is C10H10BrFN2O2S. The van der Waals surface area contributed by atoms with E-state index in [0.717, 1.165) is 6.07 Å². The zero-order valence-electron chi connectivity index (χ0n) is 8.94. The molecule has 1 aromatic carbocycles. The van der Waals surface area contributed by atoms with Crippen molar-refractivity contribution in [3.8, 4) is 6.07 Å². The number of hydrogen-bond acceptors (Lipinski definition) is 3. The first-order valence-corrected chi connectivity index (χ1v) is 6.99. The molecule has 1 rings (SSSR count). The number of hydrogen-bond donors (Lipinski definition) is 1. The van der Waals surface area contributed by atoms with Crippen LogP contribution in [0, 0.1) is 23.1 Å². The quantitative estimate of drug-likeness (QED) is 0.922. The van der Waals surface area contributed by atoms with Gasteiger partial charge in [0.15, 0.2) is 0 Å². The molecule has 0 unspecified atom stereocenters. The van der Waals surface area contributed by atoms with E-state index in [1.54, 1.807) is 6.92 Å². The van der Waals surface area contributed by atoms with E-state index in [1.807, 2.05) is 6.07 Å². The second-order valence-corrected chi connectivity index (χ2v) is 6.08. The molecule has 0 heterocycles. The number of sulfonamides is 1. The van der Waals surface area contributed by atoms with Crippen LogP contribution in [0.2, 0.25) is 0 Å². The lowest BCUT2D eigenvalue weighted by Gasteiger charge is -2.08. The summed E-state index contributed by atoms with van der Waals surface area (Å²) in [6.45, 7) is 1.62. The SMILES string of the molecule is C[C@H](C#N)CNS(=O)(=O)c1ccc(F)c(Br)c1. The maximum atomic E-state index is 13.0. The number of halogens is 2. The second kappa shape index (κ2) is 5.58. The van der Waals surface area contributed by atoms with Gasteiger partial charge in [-0.1, -0.05) is 0 Å². The number of rotatable bonds is 4. The number of nitrogens with one attached hydrogen (secondary N) is 1. The minimum atomic E-state index is -3.70. The van der Waals surface area contributed by atoms with Crippen LogP contribution in [0.3, 0.4) is 0 Å². The predicted octanol–water partition coefficient (Wildman–Crippen LogP) is 2.03. The molecule has 1 atom stereocenters. The maximum Gasteiger partial charge on any atom is 0.240 e. The van der Waals surface area contributed by atoms with Crippen LogP contribution in [0.15, 0.2) is 27.6 Å². The molecular weight excluding hydrogens is 311 g/mol. The highest BCUT2D eigenvalue weighted by atomic mass is 79.9. The molecule has 1 aromatic rings. The van der Waals surface area contributed by atoms with Crippen molar-refractivity contribution in [3.05, 3.63) is 28.5 Å². The number of nitriles is 1. The smallest absolute Gasteiger partial charge is 0.210 e. The molecule has 0 radical (unpaired) electrons. The van der Waals surface area contributed by atoms with Crippen molar-refractivity contribution < 1.29 is 12.8 Å². The van der Waals surface area contributed by atoms with Gasteiger partial charge < -0.3 is 0 Å². The molecule has 1 N–H and O–H groups in total. The molecule has 0 saturated heterocycles. The average Bonchev–Trinajstić information content (AvgIpc) is 2.29. The van der Waals surface area contributed by atoms with Crippen molar-refractivity contribution in [3.63, 3.8) is 0 Å². The minimum Gasteiger partial charge on any atom is -0.210 e. The van der Waals surface area contributed by atoms with Gasteiger partial charge in [-0.05, 0) is 41.1 Å². The monoisotopic (exact) mass is 320 g/mol. The summed E-state index contributed by atoms with van der Waals surface area (Å²) in [5, 5.41) is 8.54. The molecule has 0 aliphatic carbocycles. The van der Waals surface area contributed by atoms with E-state index in [0.29, 0.717) is 0 Å². The first-order valence-electron chi connectivity index (χ1n) is 4.71. The summed E-state index contributed by atoms with van der Waals surface area (Å²) in [6, 6.07) is 5.32. The molecule has 17 heavy (non-hydrogen) atoms. The predicted molar refractivity (Wildman–Crippen MR) is 64.1 cm³/mol. The fourth-order valence-corrected chi connectivity index (χ4v) is 2.69.